The lowest BCUT2D eigenvalue weighted by Crippen LogP contribution is -2.34. The molecule has 0 aliphatic carbocycles. The molecular formula is C46H48N8O2S2+2. The minimum atomic E-state index is -0.0312. The van der Waals surface area contributed by atoms with Gasteiger partial charge in [-0.2, -0.15) is 0 Å². The largest absolute Gasteiger partial charge is 0.352 e. The lowest BCUT2D eigenvalue weighted by atomic mass is 10.1. The van der Waals surface area contributed by atoms with E-state index in [9.17, 15) is 9.59 Å². The fourth-order valence-corrected chi connectivity index (χ4v) is 9.68. The predicted molar refractivity (Wildman–Crippen MR) is 241 cm³/mol. The summed E-state index contributed by atoms with van der Waals surface area (Å²) >= 11 is 0. The molecule has 0 spiro atoms. The Morgan fingerprint density at radius 2 is 0.931 bits per heavy atom. The van der Waals surface area contributed by atoms with Crippen molar-refractivity contribution in [2.24, 2.45) is 28.2 Å². The van der Waals surface area contributed by atoms with Gasteiger partial charge in [-0.1, -0.05) is 82.3 Å². The summed E-state index contributed by atoms with van der Waals surface area (Å²) in [5.41, 5.74) is 8.78. The second-order valence-electron chi connectivity index (χ2n) is 14.4. The summed E-state index contributed by atoms with van der Waals surface area (Å²) in [4.78, 5) is 26.5. The number of hydrogen-bond acceptors (Lipinski definition) is 4. The molecule has 58 heavy (non-hydrogen) atoms. The van der Waals surface area contributed by atoms with E-state index in [1.807, 2.05) is 38.4 Å². The van der Waals surface area contributed by atoms with Crippen molar-refractivity contribution in [3.8, 4) is 0 Å². The summed E-state index contributed by atoms with van der Waals surface area (Å²) in [6, 6.07) is 33.1. The van der Waals surface area contributed by atoms with Gasteiger partial charge in [0.2, 0.25) is 0 Å². The summed E-state index contributed by atoms with van der Waals surface area (Å²) < 4.78 is 12.7. The van der Waals surface area contributed by atoms with Crippen LogP contribution in [0.1, 0.15) is 22.8 Å². The number of aryl methyl sites for hydroxylation is 4. The van der Waals surface area contributed by atoms with Crippen LogP contribution in [-0.2, 0) is 50.9 Å². The highest BCUT2D eigenvalue weighted by atomic mass is 33.1. The smallest absolute Gasteiger partial charge is 0.282 e. The number of imidazole rings is 2. The molecule has 2 amide bonds. The third kappa shape index (κ3) is 7.94. The van der Waals surface area contributed by atoms with Crippen molar-refractivity contribution >= 4 is 102 Å². The molecule has 4 aromatic heterocycles. The van der Waals surface area contributed by atoms with Crippen LogP contribution < -0.4 is 19.8 Å². The third-order valence-electron chi connectivity index (χ3n) is 10.7. The molecule has 0 bridgehead atoms. The number of rotatable bonds is 15. The van der Waals surface area contributed by atoms with Crippen molar-refractivity contribution in [3.05, 3.63) is 132 Å². The Kier molecular flexibility index (Phi) is 11.6. The topological polar surface area (TPSA) is 85.7 Å². The van der Waals surface area contributed by atoms with Crippen LogP contribution in [0.3, 0.4) is 0 Å². The fraction of sp³-hybridized carbons (Fsp3) is 0.217. The van der Waals surface area contributed by atoms with Crippen molar-refractivity contribution in [1.29, 1.82) is 0 Å². The van der Waals surface area contributed by atoms with Gasteiger partial charge in [0.15, 0.2) is 35.2 Å². The quantitative estimate of drug-likeness (QED) is 0.0673. The van der Waals surface area contributed by atoms with E-state index in [1.54, 1.807) is 21.6 Å². The first-order valence-electron chi connectivity index (χ1n) is 19.4. The van der Waals surface area contributed by atoms with Gasteiger partial charge in [-0.05, 0) is 48.6 Å². The van der Waals surface area contributed by atoms with Crippen LogP contribution in [0.5, 0.6) is 0 Å². The number of nitrogens with one attached hydrogen (secondary N) is 2. The van der Waals surface area contributed by atoms with Crippen LogP contribution in [0.15, 0.2) is 109 Å². The predicted octanol–water partition coefficient (Wildman–Crippen LogP) is 6.88. The van der Waals surface area contributed by atoms with Crippen LogP contribution in [0.2, 0.25) is 0 Å². The molecule has 0 saturated heterocycles. The molecular weight excluding hydrogens is 761 g/mol. The summed E-state index contributed by atoms with van der Waals surface area (Å²) in [6.07, 6.45) is 12.7. The average molecular weight is 809 g/mol. The number of hydrogen-bond donors (Lipinski definition) is 2. The summed E-state index contributed by atoms with van der Waals surface area (Å²) in [5, 5.41) is 8.61. The van der Waals surface area contributed by atoms with Gasteiger partial charge in [0.25, 0.3) is 23.5 Å². The minimum Gasteiger partial charge on any atom is -0.352 e. The van der Waals surface area contributed by atoms with Crippen molar-refractivity contribution in [3.63, 3.8) is 0 Å². The Morgan fingerprint density at radius 3 is 1.36 bits per heavy atom. The maximum Gasteiger partial charge on any atom is 0.282 e. The number of fused-ring (bicyclic) bond motifs is 4. The molecule has 2 N–H and O–H groups in total. The zero-order valence-corrected chi connectivity index (χ0v) is 34.9. The maximum atomic E-state index is 13.3. The van der Waals surface area contributed by atoms with Gasteiger partial charge >= 0.3 is 0 Å². The van der Waals surface area contributed by atoms with E-state index in [0.29, 0.717) is 13.1 Å². The number of para-hydroxylation sites is 6. The molecule has 0 aliphatic rings. The van der Waals surface area contributed by atoms with E-state index in [2.05, 4.69) is 162 Å². The van der Waals surface area contributed by atoms with E-state index in [0.717, 1.165) is 56.3 Å². The molecule has 0 unspecified atom stereocenters. The Bertz CT molecular complexity index is 2660. The van der Waals surface area contributed by atoms with E-state index < -0.39 is 0 Å². The molecule has 8 rings (SSSR count). The molecule has 0 fully saturated rings. The normalized spacial score (nSPS) is 12.0. The Hall–Kier alpha value is -5.98. The van der Waals surface area contributed by atoms with Gasteiger partial charge in [0, 0.05) is 96.2 Å². The van der Waals surface area contributed by atoms with Crippen LogP contribution in [0.25, 0.3) is 68.2 Å². The number of carbonyl (C=O) groups excluding carboxylic acids is 2. The molecule has 0 saturated carbocycles. The van der Waals surface area contributed by atoms with Crippen LogP contribution in [-0.4, -0.2) is 54.7 Å². The SMILES string of the molecule is Cn1cc(/C=C/c2n(CC(=O)NCCSSCCNC(=O)Cn3c(/C=C/c4cn(C)c5ccccc45)[n+](C)c4ccccc43)c3ccccc3[n+]2C)c2ccccc21. The monoisotopic (exact) mass is 808 g/mol. The zero-order chi connectivity index (χ0) is 40.2. The summed E-state index contributed by atoms with van der Waals surface area (Å²) in [5.74, 6) is 3.35. The van der Waals surface area contributed by atoms with Gasteiger partial charge < -0.3 is 19.8 Å². The molecule has 0 radical (unpaired) electrons. The summed E-state index contributed by atoms with van der Waals surface area (Å²) in [7, 11) is 11.6. The Labute approximate surface area is 345 Å². The van der Waals surface area contributed by atoms with Gasteiger partial charge in [-0.25, -0.2) is 18.3 Å². The zero-order valence-electron chi connectivity index (χ0n) is 33.3. The molecule has 12 heteroatoms. The Morgan fingerprint density at radius 1 is 0.552 bits per heavy atom. The van der Waals surface area contributed by atoms with E-state index in [4.69, 9.17) is 0 Å². The standard InChI is InChI=1S/C46H46N8O2S2/c1-49-29-33(35-13-5-7-15-37(35)49)21-23-45-51(3)39-17-9-11-19-41(39)53(45)31-43(55)47-25-27-57-58-28-26-48-44(56)32-54-42-20-12-10-18-40(42)52(4)46(54)24-22-34-30-50(2)38-16-8-6-14-36(34)38/h5-24,29-30H,25-28,31-32H2,1-4H3/p+2. The maximum absolute atomic E-state index is 13.3. The highest BCUT2D eigenvalue weighted by molar-refractivity contribution is 8.76. The van der Waals surface area contributed by atoms with Crippen LogP contribution >= 0.6 is 21.6 Å². The number of nitrogens with zero attached hydrogens (tertiary/aromatic N) is 6. The third-order valence-corrected chi connectivity index (χ3v) is 13.1. The summed E-state index contributed by atoms with van der Waals surface area (Å²) in [6.45, 7) is 1.55. The van der Waals surface area contributed by atoms with Gasteiger partial charge in [0.1, 0.15) is 0 Å². The van der Waals surface area contributed by atoms with E-state index >= 15 is 0 Å². The number of benzene rings is 4. The second-order valence-corrected chi connectivity index (χ2v) is 17.1. The Balaban J connectivity index is 0.822. The molecule has 4 heterocycles. The lowest BCUT2D eigenvalue weighted by Gasteiger charge is -2.06. The first kappa shape index (κ1) is 38.9. The number of aromatic nitrogens is 6. The number of carbonyl (C=O) groups is 2. The van der Waals surface area contributed by atoms with Crippen LogP contribution in [0.4, 0.5) is 0 Å². The first-order valence-corrected chi connectivity index (χ1v) is 21.9. The molecule has 0 aliphatic heterocycles. The highest BCUT2D eigenvalue weighted by Gasteiger charge is 2.24. The van der Waals surface area contributed by atoms with Gasteiger partial charge in [-0.3, -0.25) is 9.59 Å². The van der Waals surface area contributed by atoms with E-state index in [1.165, 1.54) is 21.8 Å². The molecule has 4 aromatic carbocycles. The van der Waals surface area contributed by atoms with Gasteiger partial charge in [0.05, 0.1) is 14.1 Å². The van der Waals surface area contributed by atoms with Crippen molar-refractivity contribution < 1.29 is 18.7 Å². The highest BCUT2D eigenvalue weighted by Crippen LogP contribution is 2.25. The van der Waals surface area contributed by atoms with Crippen molar-refractivity contribution in [1.82, 2.24) is 28.9 Å². The lowest BCUT2D eigenvalue weighted by molar-refractivity contribution is -0.647. The number of amides is 2. The molecule has 0 atom stereocenters. The molecule has 8 aromatic rings. The average Bonchev–Trinajstić information content (AvgIpc) is 3.91. The minimum absolute atomic E-state index is 0.0312. The van der Waals surface area contributed by atoms with Crippen molar-refractivity contribution in [2.45, 2.75) is 13.1 Å². The fourth-order valence-electron chi connectivity index (χ4n) is 7.87. The van der Waals surface area contributed by atoms with Crippen LogP contribution in [0, 0.1) is 0 Å². The molecule has 10 nitrogen and oxygen atoms in total. The second kappa shape index (κ2) is 17.3. The van der Waals surface area contributed by atoms with Crippen molar-refractivity contribution in [2.75, 3.05) is 24.6 Å². The first-order chi connectivity index (χ1) is 28.3. The van der Waals surface area contributed by atoms with E-state index in [-0.39, 0.29) is 24.9 Å². The van der Waals surface area contributed by atoms with Gasteiger partial charge in [-0.15, -0.1) is 0 Å². The molecule has 294 valence electrons.